The molecule has 16 nitrogen and oxygen atoms in total. The van der Waals surface area contributed by atoms with Crippen molar-refractivity contribution in [1.82, 2.24) is 20.6 Å². The normalized spacial score (nSPS) is 14.0. The van der Waals surface area contributed by atoms with Gasteiger partial charge < -0.3 is 35.7 Å². The summed E-state index contributed by atoms with van der Waals surface area (Å²) in [6.45, 7) is 0.148. The zero-order chi connectivity index (χ0) is 32.1. The molecule has 234 valence electrons. The van der Waals surface area contributed by atoms with Gasteiger partial charge in [-0.1, -0.05) is 28.1 Å². The van der Waals surface area contributed by atoms with Gasteiger partial charge in [-0.15, -0.1) is 5.06 Å². The van der Waals surface area contributed by atoms with Crippen LogP contribution in [0.5, 0.6) is 0 Å². The van der Waals surface area contributed by atoms with Gasteiger partial charge in [0.05, 0.1) is 0 Å². The molecule has 1 aromatic rings. The van der Waals surface area contributed by atoms with Crippen molar-refractivity contribution >= 4 is 63.6 Å². The van der Waals surface area contributed by atoms with Crippen LogP contribution in [0, 0.1) is 0 Å². The minimum atomic E-state index is -1.54. The molecule has 2 rings (SSSR count). The molecule has 1 heterocycles. The second kappa shape index (κ2) is 16.8. The summed E-state index contributed by atoms with van der Waals surface area (Å²) in [5.41, 5.74) is 0.715. The van der Waals surface area contributed by atoms with Crippen LogP contribution in [-0.4, -0.2) is 91.5 Å². The molecular formula is C26H31BrN4O12. The van der Waals surface area contributed by atoms with Gasteiger partial charge in [-0.3, -0.25) is 19.2 Å². The molecule has 2 atom stereocenters. The van der Waals surface area contributed by atoms with E-state index in [1.807, 2.05) is 5.32 Å². The Kier molecular flexibility index (Phi) is 13.5. The number of hydrogen-bond acceptors (Lipinski definition) is 9. The number of halogens is 1. The summed E-state index contributed by atoms with van der Waals surface area (Å²) < 4.78 is 0.797. The summed E-state index contributed by atoms with van der Waals surface area (Å²) in [6, 6.07) is 2.92. The number of carbonyl (C=O) groups is 8. The van der Waals surface area contributed by atoms with E-state index >= 15 is 0 Å². The molecule has 1 aliphatic heterocycles. The number of benzene rings is 1. The highest BCUT2D eigenvalue weighted by Crippen LogP contribution is 2.16. The number of hydroxylamine groups is 2. The minimum Gasteiger partial charge on any atom is -0.481 e. The first-order valence-corrected chi connectivity index (χ1v) is 13.9. The maximum Gasteiger partial charge on any atom is 0.342 e. The molecule has 0 aromatic heterocycles. The number of amides is 5. The van der Waals surface area contributed by atoms with Crippen molar-refractivity contribution in [2.45, 2.75) is 70.0 Å². The summed E-state index contributed by atoms with van der Waals surface area (Å²) in [6.07, 6.45) is -1.58. The topological polar surface area (TPSA) is 237 Å². The minimum absolute atomic E-state index is 0.0680. The van der Waals surface area contributed by atoms with Crippen molar-refractivity contribution < 1.29 is 58.5 Å². The smallest absolute Gasteiger partial charge is 0.342 e. The van der Waals surface area contributed by atoms with Gasteiger partial charge in [-0.2, -0.15) is 0 Å². The van der Waals surface area contributed by atoms with Crippen molar-refractivity contribution in [1.29, 1.82) is 0 Å². The predicted octanol–water partition coefficient (Wildman–Crippen LogP) is 1.02. The number of carbonyl (C=O) groups excluding carboxylic acids is 5. The van der Waals surface area contributed by atoms with Gasteiger partial charge in [0.15, 0.2) is 0 Å². The van der Waals surface area contributed by atoms with E-state index in [-0.39, 0.29) is 45.2 Å². The fraction of sp³-hybridized carbons (Fsp3) is 0.462. The lowest BCUT2D eigenvalue weighted by Gasteiger charge is -2.24. The SMILES string of the molecule is O=C(O)CC[C@H](NC(=O)N[C@@H](CCCCN(Cc1ccc(Br)cc1)C(=O)CC(=O)ON1C(=O)CCC1=O)C(=O)O)C(=O)O. The molecule has 0 aliphatic carbocycles. The van der Waals surface area contributed by atoms with Crippen molar-refractivity contribution in [3.63, 3.8) is 0 Å². The second-order valence-electron chi connectivity index (χ2n) is 9.49. The quantitative estimate of drug-likeness (QED) is 0.0887. The molecule has 0 bridgehead atoms. The van der Waals surface area contributed by atoms with Crippen LogP contribution in [0.2, 0.25) is 0 Å². The van der Waals surface area contributed by atoms with Crippen molar-refractivity contribution in [3.05, 3.63) is 34.3 Å². The number of nitrogens with zero attached hydrogens (tertiary/aromatic N) is 2. The van der Waals surface area contributed by atoms with Gasteiger partial charge in [0, 0.05) is 36.8 Å². The number of imide groups is 1. The first kappa shape index (κ1) is 34.7. The number of rotatable bonds is 17. The van der Waals surface area contributed by atoms with E-state index in [1.54, 1.807) is 24.3 Å². The number of aliphatic carboxylic acids is 3. The van der Waals surface area contributed by atoms with Crippen LogP contribution in [0.3, 0.4) is 0 Å². The van der Waals surface area contributed by atoms with Gasteiger partial charge in [-0.05, 0) is 43.4 Å². The number of urea groups is 1. The van der Waals surface area contributed by atoms with Crippen LogP contribution in [0.15, 0.2) is 28.7 Å². The molecule has 0 spiro atoms. The molecule has 5 N–H and O–H groups in total. The molecule has 0 saturated carbocycles. The van der Waals surface area contributed by atoms with Crippen molar-refractivity contribution in [3.8, 4) is 0 Å². The van der Waals surface area contributed by atoms with E-state index in [2.05, 4.69) is 21.2 Å². The predicted molar refractivity (Wildman–Crippen MR) is 147 cm³/mol. The number of unbranched alkanes of at least 4 members (excludes halogenated alkanes) is 1. The second-order valence-corrected chi connectivity index (χ2v) is 10.4. The Bertz CT molecular complexity index is 1220. The van der Waals surface area contributed by atoms with Crippen molar-refractivity contribution in [2.75, 3.05) is 6.54 Å². The summed E-state index contributed by atoms with van der Waals surface area (Å²) in [7, 11) is 0. The van der Waals surface area contributed by atoms with E-state index in [0.29, 0.717) is 10.6 Å². The highest BCUT2D eigenvalue weighted by Gasteiger charge is 2.33. The average molecular weight is 671 g/mol. The first-order chi connectivity index (χ1) is 20.3. The van der Waals surface area contributed by atoms with Crippen LogP contribution < -0.4 is 10.6 Å². The Morgan fingerprint density at radius 2 is 1.44 bits per heavy atom. The fourth-order valence-corrected chi connectivity index (χ4v) is 4.19. The molecule has 0 radical (unpaired) electrons. The molecule has 1 aromatic carbocycles. The third kappa shape index (κ3) is 12.1. The maximum absolute atomic E-state index is 13.0. The molecule has 43 heavy (non-hydrogen) atoms. The molecule has 1 saturated heterocycles. The Morgan fingerprint density at radius 1 is 0.884 bits per heavy atom. The Hall–Kier alpha value is -4.54. The van der Waals surface area contributed by atoms with Crippen LogP contribution in [0.4, 0.5) is 4.79 Å². The van der Waals surface area contributed by atoms with Crippen LogP contribution in [0.1, 0.15) is 56.9 Å². The van der Waals surface area contributed by atoms with Crippen LogP contribution >= 0.6 is 15.9 Å². The number of carboxylic acids is 3. The number of hydrogen-bond donors (Lipinski definition) is 5. The van der Waals surface area contributed by atoms with E-state index in [9.17, 15) is 43.5 Å². The Balaban J connectivity index is 1.96. The number of nitrogens with one attached hydrogen (secondary N) is 2. The van der Waals surface area contributed by atoms with Gasteiger partial charge in [0.1, 0.15) is 18.5 Å². The molecule has 17 heteroatoms. The van der Waals surface area contributed by atoms with Gasteiger partial charge in [0.25, 0.3) is 11.8 Å². The highest BCUT2D eigenvalue weighted by molar-refractivity contribution is 9.10. The summed E-state index contributed by atoms with van der Waals surface area (Å²) in [5.74, 6) is -7.29. The lowest BCUT2D eigenvalue weighted by atomic mass is 10.1. The van der Waals surface area contributed by atoms with E-state index in [4.69, 9.17) is 15.1 Å². The molecule has 1 fully saturated rings. The van der Waals surface area contributed by atoms with E-state index < -0.39 is 79.0 Å². The third-order valence-corrected chi connectivity index (χ3v) is 6.69. The van der Waals surface area contributed by atoms with Crippen LogP contribution in [0.25, 0.3) is 0 Å². The summed E-state index contributed by atoms with van der Waals surface area (Å²) in [5, 5.41) is 31.9. The fourth-order valence-electron chi connectivity index (χ4n) is 3.92. The lowest BCUT2D eigenvalue weighted by molar-refractivity contribution is -0.198. The van der Waals surface area contributed by atoms with E-state index in [0.717, 1.165) is 4.47 Å². The zero-order valence-electron chi connectivity index (χ0n) is 22.8. The van der Waals surface area contributed by atoms with Gasteiger partial charge in [-0.25, -0.2) is 19.2 Å². The maximum atomic E-state index is 13.0. The van der Waals surface area contributed by atoms with Gasteiger partial charge >= 0.3 is 29.9 Å². The molecule has 5 amide bonds. The largest absolute Gasteiger partial charge is 0.481 e. The summed E-state index contributed by atoms with van der Waals surface area (Å²) in [4.78, 5) is 101. The highest BCUT2D eigenvalue weighted by atomic mass is 79.9. The standard InChI is InChI=1S/C26H31BrN4O12/c27-16-6-4-15(5-7-16)14-30(21(34)13-23(37)43-31-19(32)9-10-20(31)33)12-2-1-3-17(24(38)39)28-26(42)29-18(25(40)41)8-11-22(35)36/h4-7,17-18H,1-3,8-14H2,(H,35,36)(H,38,39)(H,40,41)(H2,28,29,42)/t17-,18-/m0/s1. The van der Waals surface area contributed by atoms with Crippen LogP contribution in [-0.2, 0) is 44.9 Å². The third-order valence-electron chi connectivity index (χ3n) is 6.16. The van der Waals surface area contributed by atoms with Gasteiger partial charge in [0.2, 0.25) is 5.91 Å². The monoisotopic (exact) mass is 670 g/mol. The Morgan fingerprint density at radius 3 is 1.98 bits per heavy atom. The zero-order valence-corrected chi connectivity index (χ0v) is 24.4. The molecule has 1 aliphatic rings. The van der Waals surface area contributed by atoms with E-state index in [1.165, 1.54) is 4.90 Å². The molecular weight excluding hydrogens is 640 g/mol. The Labute approximate surface area is 253 Å². The number of carboxylic acid groups (broad SMARTS) is 3. The summed E-state index contributed by atoms with van der Waals surface area (Å²) >= 11 is 3.32. The first-order valence-electron chi connectivity index (χ1n) is 13.1. The van der Waals surface area contributed by atoms with Crippen molar-refractivity contribution in [2.24, 2.45) is 0 Å². The average Bonchev–Trinajstić information content (AvgIpc) is 3.24. The molecule has 0 unspecified atom stereocenters. The lowest BCUT2D eigenvalue weighted by Crippen LogP contribution is -2.51.